The summed E-state index contributed by atoms with van der Waals surface area (Å²) in [5.74, 6) is 0.582. The van der Waals surface area contributed by atoms with Crippen LogP contribution >= 0.6 is 22.9 Å². The second-order valence-electron chi connectivity index (χ2n) is 6.31. The van der Waals surface area contributed by atoms with Gasteiger partial charge in [0.15, 0.2) is 0 Å². The van der Waals surface area contributed by atoms with Crippen molar-refractivity contribution in [3.05, 3.63) is 56.7 Å². The lowest BCUT2D eigenvalue weighted by Gasteiger charge is -2.10. The van der Waals surface area contributed by atoms with Crippen molar-refractivity contribution in [3.63, 3.8) is 0 Å². The highest BCUT2D eigenvalue weighted by Crippen LogP contribution is 2.23. The first kappa shape index (κ1) is 20.9. The largest absolute Gasteiger partial charge is 0.492 e. The number of aryl methyl sites for hydroxylation is 2. The standard InChI is InChI=1S/C19H21ClN2O4S2/c1-3-9-22-17-7-6-15(12-18(17)27-19(22)23)28(24,25)21-8-10-26-14-5-4-13(2)16(20)11-14/h4-7,11-12,21H,3,8-10H2,1-2H3. The average molecular weight is 441 g/mol. The Labute approximate surface area is 172 Å². The smallest absolute Gasteiger partial charge is 0.308 e. The van der Waals surface area contributed by atoms with E-state index < -0.39 is 10.0 Å². The quantitative estimate of drug-likeness (QED) is 0.540. The lowest BCUT2D eigenvalue weighted by atomic mass is 10.2. The molecule has 0 unspecified atom stereocenters. The fourth-order valence-electron chi connectivity index (χ4n) is 2.74. The maximum absolute atomic E-state index is 12.5. The Morgan fingerprint density at radius 1 is 1.21 bits per heavy atom. The molecule has 0 aliphatic rings. The van der Waals surface area contributed by atoms with Gasteiger partial charge in [-0.05, 0) is 49.2 Å². The number of fused-ring (bicyclic) bond motifs is 1. The van der Waals surface area contributed by atoms with Gasteiger partial charge in [0.2, 0.25) is 10.0 Å². The number of benzene rings is 2. The number of hydrogen-bond donors (Lipinski definition) is 1. The minimum absolute atomic E-state index is 0.0792. The van der Waals surface area contributed by atoms with E-state index in [-0.39, 0.29) is 22.9 Å². The third-order valence-electron chi connectivity index (χ3n) is 4.20. The Bertz CT molecular complexity index is 1150. The number of nitrogens with zero attached hydrogens (tertiary/aromatic N) is 1. The van der Waals surface area contributed by atoms with Gasteiger partial charge in [-0.3, -0.25) is 9.36 Å². The van der Waals surface area contributed by atoms with Crippen molar-refractivity contribution in [2.24, 2.45) is 0 Å². The molecule has 0 spiro atoms. The molecule has 1 heterocycles. The fraction of sp³-hybridized carbons (Fsp3) is 0.316. The van der Waals surface area contributed by atoms with E-state index in [0.717, 1.165) is 28.8 Å². The Hall–Kier alpha value is -1.87. The Balaban J connectivity index is 1.67. The summed E-state index contributed by atoms with van der Waals surface area (Å²) in [5, 5.41) is 0.598. The molecule has 3 rings (SSSR count). The third kappa shape index (κ3) is 4.57. The van der Waals surface area contributed by atoms with Gasteiger partial charge in [-0.2, -0.15) is 0 Å². The second-order valence-corrected chi connectivity index (χ2v) is 9.47. The molecule has 0 fully saturated rings. The molecule has 0 atom stereocenters. The third-order valence-corrected chi connectivity index (χ3v) is 7.01. The Kier molecular flexibility index (Phi) is 6.44. The van der Waals surface area contributed by atoms with Crippen LogP contribution in [0.4, 0.5) is 0 Å². The number of nitrogens with one attached hydrogen (secondary N) is 1. The normalized spacial score (nSPS) is 11.8. The summed E-state index contributed by atoms with van der Waals surface area (Å²) in [6.45, 7) is 4.78. The minimum Gasteiger partial charge on any atom is -0.492 e. The molecule has 0 aliphatic carbocycles. The molecule has 1 N–H and O–H groups in total. The number of halogens is 1. The molecular formula is C19H21ClN2O4S2. The van der Waals surface area contributed by atoms with E-state index in [1.165, 1.54) is 12.1 Å². The van der Waals surface area contributed by atoms with Gasteiger partial charge in [0.25, 0.3) is 0 Å². The van der Waals surface area contributed by atoms with E-state index in [9.17, 15) is 13.2 Å². The zero-order valence-electron chi connectivity index (χ0n) is 15.6. The second kappa shape index (κ2) is 8.65. The summed E-state index contributed by atoms with van der Waals surface area (Å²) in [4.78, 5) is 12.1. The summed E-state index contributed by atoms with van der Waals surface area (Å²) < 4.78 is 35.5. The molecule has 6 nitrogen and oxygen atoms in total. The summed E-state index contributed by atoms with van der Waals surface area (Å²) >= 11 is 7.10. The molecule has 0 aliphatic heterocycles. The lowest BCUT2D eigenvalue weighted by Crippen LogP contribution is -2.28. The summed E-state index contributed by atoms with van der Waals surface area (Å²) in [6, 6.07) is 10.1. The molecule has 28 heavy (non-hydrogen) atoms. The number of hydrogen-bond acceptors (Lipinski definition) is 5. The summed E-state index contributed by atoms with van der Waals surface area (Å²) in [5.41, 5.74) is 1.70. The average Bonchev–Trinajstić information content (AvgIpc) is 2.97. The first-order valence-electron chi connectivity index (χ1n) is 8.84. The van der Waals surface area contributed by atoms with Crippen molar-refractivity contribution >= 4 is 43.2 Å². The highest BCUT2D eigenvalue weighted by atomic mass is 35.5. The zero-order valence-corrected chi connectivity index (χ0v) is 18.0. The molecule has 0 amide bonds. The van der Waals surface area contributed by atoms with Crippen molar-refractivity contribution in [2.75, 3.05) is 13.2 Å². The van der Waals surface area contributed by atoms with E-state index in [1.807, 2.05) is 19.9 Å². The number of aromatic nitrogens is 1. The van der Waals surface area contributed by atoms with Gasteiger partial charge in [0.1, 0.15) is 12.4 Å². The first-order valence-corrected chi connectivity index (χ1v) is 11.5. The number of ether oxygens (including phenoxy) is 1. The van der Waals surface area contributed by atoms with Gasteiger partial charge in [-0.15, -0.1) is 0 Å². The van der Waals surface area contributed by atoms with Crippen LogP contribution in [0.25, 0.3) is 10.2 Å². The van der Waals surface area contributed by atoms with Crippen LogP contribution in [0, 0.1) is 6.92 Å². The SMILES string of the molecule is CCCn1c(=O)sc2cc(S(=O)(=O)NCCOc3ccc(C)c(Cl)c3)ccc21. The van der Waals surface area contributed by atoms with Gasteiger partial charge in [-0.25, -0.2) is 13.1 Å². The van der Waals surface area contributed by atoms with Gasteiger partial charge in [-0.1, -0.05) is 35.9 Å². The van der Waals surface area contributed by atoms with Crippen LogP contribution in [0.15, 0.2) is 46.1 Å². The molecule has 2 aromatic carbocycles. The van der Waals surface area contributed by atoms with Crippen molar-refractivity contribution in [1.29, 1.82) is 0 Å². The summed E-state index contributed by atoms with van der Waals surface area (Å²) in [6.07, 6.45) is 0.833. The van der Waals surface area contributed by atoms with E-state index >= 15 is 0 Å². The van der Waals surface area contributed by atoms with Gasteiger partial charge < -0.3 is 4.74 Å². The number of rotatable bonds is 8. The molecular weight excluding hydrogens is 420 g/mol. The van der Waals surface area contributed by atoms with Crippen molar-refractivity contribution in [1.82, 2.24) is 9.29 Å². The van der Waals surface area contributed by atoms with Crippen LogP contribution in [-0.2, 0) is 16.6 Å². The predicted octanol–water partition coefficient (Wildman–Crippen LogP) is 3.79. The van der Waals surface area contributed by atoms with Crippen molar-refractivity contribution in [3.8, 4) is 5.75 Å². The first-order chi connectivity index (χ1) is 13.3. The molecule has 9 heteroatoms. The Morgan fingerprint density at radius 3 is 2.71 bits per heavy atom. The fourth-order valence-corrected chi connectivity index (χ4v) is 4.98. The van der Waals surface area contributed by atoms with Crippen LogP contribution in [-0.4, -0.2) is 26.1 Å². The van der Waals surface area contributed by atoms with Crippen molar-refractivity contribution in [2.45, 2.75) is 31.7 Å². The van der Waals surface area contributed by atoms with Crippen LogP contribution in [0.3, 0.4) is 0 Å². The predicted molar refractivity (Wildman–Crippen MR) is 113 cm³/mol. The van der Waals surface area contributed by atoms with Crippen LogP contribution in [0.5, 0.6) is 5.75 Å². The minimum atomic E-state index is -3.70. The van der Waals surface area contributed by atoms with Gasteiger partial charge >= 0.3 is 4.87 Å². The summed E-state index contributed by atoms with van der Waals surface area (Å²) in [7, 11) is -3.70. The van der Waals surface area contributed by atoms with E-state index in [2.05, 4.69) is 4.72 Å². The topological polar surface area (TPSA) is 77.4 Å². The lowest BCUT2D eigenvalue weighted by molar-refractivity contribution is 0.323. The molecule has 0 saturated heterocycles. The number of sulfonamides is 1. The van der Waals surface area contributed by atoms with Crippen LogP contribution in [0.2, 0.25) is 5.02 Å². The van der Waals surface area contributed by atoms with Crippen LogP contribution in [0.1, 0.15) is 18.9 Å². The molecule has 3 aromatic rings. The number of thiazole rings is 1. The van der Waals surface area contributed by atoms with Gasteiger partial charge in [0, 0.05) is 18.1 Å². The molecule has 150 valence electrons. The monoisotopic (exact) mass is 440 g/mol. The molecule has 1 aromatic heterocycles. The van der Waals surface area contributed by atoms with E-state index in [4.69, 9.17) is 16.3 Å². The molecule has 0 bridgehead atoms. The van der Waals surface area contributed by atoms with E-state index in [1.54, 1.807) is 22.8 Å². The zero-order chi connectivity index (χ0) is 20.3. The van der Waals surface area contributed by atoms with E-state index in [0.29, 0.717) is 22.0 Å². The maximum atomic E-state index is 12.5. The van der Waals surface area contributed by atoms with Crippen molar-refractivity contribution < 1.29 is 13.2 Å². The van der Waals surface area contributed by atoms with Gasteiger partial charge in [0.05, 0.1) is 15.1 Å². The molecule has 0 saturated carbocycles. The highest BCUT2D eigenvalue weighted by molar-refractivity contribution is 7.89. The van der Waals surface area contributed by atoms with Crippen LogP contribution < -0.4 is 14.3 Å². The highest BCUT2D eigenvalue weighted by Gasteiger charge is 2.16. The maximum Gasteiger partial charge on any atom is 0.308 e. The Morgan fingerprint density at radius 2 is 2.00 bits per heavy atom. The molecule has 0 radical (unpaired) electrons.